The Labute approximate surface area is 164 Å². The maximum atomic E-state index is 12.1. The maximum absolute atomic E-state index is 12.1. The molecule has 0 atom stereocenters. The third-order valence-electron chi connectivity index (χ3n) is 5.56. The number of aliphatic hydroxyl groups excluding tert-OH is 1. The first kappa shape index (κ1) is 19.0. The molecule has 2 aromatic carbocycles. The Morgan fingerprint density at radius 2 is 1.89 bits per heavy atom. The Morgan fingerprint density at radius 1 is 1.14 bits per heavy atom. The van der Waals surface area contributed by atoms with Crippen molar-refractivity contribution in [2.45, 2.75) is 25.4 Å². The predicted molar refractivity (Wildman–Crippen MR) is 113 cm³/mol. The molecule has 0 aliphatic carbocycles. The van der Waals surface area contributed by atoms with Crippen molar-refractivity contribution in [3.63, 3.8) is 0 Å². The first-order chi connectivity index (χ1) is 13.4. The number of carbonyl (C=O) groups excluding carboxylic acids is 1. The predicted octanol–water partition coefficient (Wildman–Crippen LogP) is 4.05. The van der Waals surface area contributed by atoms with Crippen LogP contribution in [0.3, 0.4) is 0 Å². The third kappa shape index (κ3) is 3.54. The number of aromatic amines is 1. The first-order valence-electron chi connectivity index (χ1n) is 9.26. The molecule has 1 fully saturated rings. The summed E-state index contributed by atoms with van der Waals surface area (Å²) in [6.45, 7) is -0.0529. The van der Waals surface area contributed by atoms with Gasteiger partial charge in [-0.05, 0) is 59.2 Å². The average Bonchev–Trinajstić information content (AvgIpc) is 3.11. The first-order valence-corrected chi connectivity index (χ1v) is 11.1. The smallest absolute Gasteiger partial charge is 0.250 e. The van der Waals surface area contributed by atoms with Gasteiger partial charge in [-0.25, -0.2) is 0 Å². The van der Waals surface area contributed by atoms with E-state index in [9.17, 15) is 19.0 Å². The number of primary amides is 1. The summed E-state index contributed by atoms with van der Waals surface area (Å²) in [7, 11) is -2.45. The van der Waals surface area contributed by atoms with Gasteiger partial charge in [0.25, 0.3) is 5.91 Å². The van der Waals surface area contributed by atoms with Crippen LogP contribution in [0.2, 0.25) is 0 Å². The van der Waals surface area contributed by atoms with Crippen molar-refractivity contribution >= 4 is 27.4 Å². The van der Waals surface area contributed by atoms with Gasteiger partial charge in [-0.2, -0.15) is 10.6 Å². The summed E-state index contributed by atoms with van der Waals surface area (Å²) in [6, 6.07) is 11.4. The van der Waals surface area contributed by atoms with Crippen molar-refractivity contribution in [1.82, 2.24) is 4.98 Å². The number of aromatic nitrogens is 1. The van der Waals surface area contributed by atoms with Crippen LogP contribution in [0.4, 0.5) is 0 Å². The van der Waals surface area contributed by atoms with Crippen molar-refractivity contribution in [2.24, 2.45) is 5.73 Å². The lowest BCUT2D eigenvalue weighted by Gasteiger charge is -2.39. The molecule has 0 radical (unpaired) electrons. The van der Waals surface area contributed by atoms with Crippen LogP contribution in [-0.4, -0.2) is 36.6 Å². The van der Waals surface area contributed by atoms with Gasteiger partial charge in [0, 0.05) is 23.1 Å². The standard InChI is InChI=1S/C21H24N2O4S/c22-21(25)18-10-16(15-3-1-2-13(8-15)12-24)9-17-19(11-23-20(17)18)14-4-6-28(26,27)7-5-14/h1-3,8-11,14,23-24,26-27H,4-7,12H2,(H2,22,25). The zero-order valence-corrected chi connectivity index (χ0v) is 16.2. The van der Waals surface area contributed by atoms with Crippen molar-refractivity contribution in [3.8, 4) is 11.1 Å². The van der Waals surface area contributed by atoms with E-state index in [-0.39, 0.29) is 12.5 Å². The van der Waals surface area contributed by atoms with E-state index in [0.717, 1.165) is 27.6 Å². The van der Waals surface area contributed by atoms with Gasteiger partial charge in [-0.3, -0.25) is 13.9 Å². The lowest BCUT2D eigenvalue weighted by molar-refractivity contribution is 0.100. The Hall–Kier alpha value is -2.32. The molecule has 0 bridgehead atoms. The molecule has 1 aliphatic rings. The molecule has 0 spiro atoms. The van der Waals surface area contributed by atoms with Gasteiger partial charge in [0.05, 0.1) is 17.7 Å². The molecule has 3 aromatic rings. The number of aliphatic hydroxyl groups is 1. The summed E-state index contributed by atoms with van der Waals surface area (Å²) in [5.74, 6) is 0.515. The molecule has 1 aliphatic heterocycles. The number of amides is 1. The lowest BCUT2D eigenvalue weighted by Crippen LogP contribution is -2.19. The summed E-state index contributed by atoms with van der Waals surface area (Å²) in [6.07, 6.45) is 3.31. The van der Waals surface area contributed by atoms with Gasteiger partial charge in [-0.15, -0.1) is 0 Å². The fourth-order valence-electron chi connectivity index (χ4n) is 4.02. The molecule has 28 heavy (non-hydrogen) atoms. The summed E-state index contributed by atoms with van der Waals surface area (Å²) < 4.78 is 19.8. The van der Waals surface area contributed by atoms with E-state index in [4.69, 9.17) is 5.73 Å². The monoisotopic (exact) mass is 400 g/mol. The maximum Gasteiger partial charge on any atom is 0.250 e. The second-order valence-corrected chi connectivity index (χ2v) is 9.82. The van der Waals surface area contributed by atoms with E-state index in [1.807, 2.05) is 36.5 Å². The highest BCUT2D eigenvalue weighted by Crippen LogP contribution is 2.49. The zero-order chi connectivity index (χ0) is 19.9. The highest BCUT2D eigenvalue weighted by Gasteiger charge is 2.27. The Kier molecular flexibility index (Phi) is 4.93. The van der Waals surface area contributed by atoms with Gasteiger partial charge in [0.1, 0.15) is 0 Å². The van der Waals surface area contributed by atoms with E-state index in [1.165, 1.54) is 0 Å². The number of H-pyrrole nitrogens is 1. The number of carbonyl (C=O) groups is 1. The highest BCUT2D eigenvalue weighted by molar-refractivity contribution is 8.24. The molecule has 7 heteroatoms. The van der Waals surface area contributed by atoms with Crippen molar-refractivity contribution in [1.29, 1.82) is 0 Å². The lowest BCUT2D eigenvalue weighted by atomic mass is 9.90. The third-order valence-corrected chi connectivity index (χ3v) is 7.34. The Morgan fingerprint density at radius 3 is 2.57 bits per heavy atom. The molecule has 2 heterocycles. The molecule has 1 amide bonds. The van der Waals surface area contributed by atoms with Gasteiger partial charge in [0.15, 0.2) is 0 Å². The van der Waals surface area contributed by atoms with Crippen molar-refractivity contribution in [3.05, 3.63) is 59.3 Å². The molecule has 1 aromatic heterocycles. The highest BCUT2D eigenvalue weighted by atomic mass is 32.3. The number of hydrogen-bond acceptors (Lipinski definition) is 4. The van der Waals surface area contributed by atoms with Crippen molar-refractivity contribution in [2.75, 3.05) is 11.5 Å². The molecule has 148 valence electrons. The average molecular weight is 401 g/mol. The molecular formula is C21H24N2O4S. The SMILES string of the molecule is NC(=O)c1cc(-c2cccc(CO)c2)cc2c(C3CCS(O)(O)CC3)c[nH]c12. The number of rotatable bonds is 4. The quantitative estimate of drug-likeness (QED) is 0.454. The largest absolute Gasteiger partial charge is 0.392 e. The van der Waals surface area contributed by atoms with Crippen LogP contribution >= 0.6 is 10.6 Å². The van der Waals surface area contributed by atoms with Crippen LogP contribution in [0.15, 0.2) is 42.6 Å². The second kappa shape index (κ2) is 7.25. The van der Waals surface area contributed by atoms with Gasteiger partial charge in [-0.1, -0.05) is 18.2 Å². The molecule has 6 nitrogen and oxygen atoms in total. The molecule has 0 unspecified atom stereocenters. The minimum absolute atomic E-state index is 0.0529. The van der Waals surface area contributed by atoms with Gasteiger partial charge < -0.3 is 15.8 Å². The van der Waals surface area contributed by atoms with Crippen LogP contribution in [0, 0.1) is 0 Å². The van der Waals surface area contributed by atoms with E-state index in [1.54, 1.807) is 6.07 Å². The number of nitrogens with two attached hydrogens (primary N) is 1. The van der Waals surface area contributed by atoms with E-state index in [0.29, 0.717) is 35.4 Å². The summed E-state index contributed by atoms with van der Waals surface area (Å²) in [5.41, 5.74) is 10.4. The van der Waals surface area contributed by atoms with Crippen LogP contribution in [0.5, 0.6) is 0 Å². The zero-order valence-electron chi connectivity index (χ0n) is 15.4. The van der Waals surface area contributed by atoms with E-state index < -0.39 is 16.5 Å². The van der Waals surface area contributed by atoms with Crippen LogP contribution < -0.4 is 5.73 Å². The molecule has 1 saturated heterocycles. The van der Waals surface area contributed by atoms with Gasteiger partial charge >= 0.3 is 0 Å². The van der Waals surface area contributed by atoms with Crippen LogP contribution in [0.25, 0.3) is 22.0 Å². The number of fused-ring (bicyclic) bond motifs is 1. The summed E-state index contributed by atoms with van der Waals surface area (Å²) >= 11 is 0. The summed E-state index contributed by atoms with van der Waals surface area (Å²) in [4.78, 5) is 15.3. The topological polar surface area (TPSA) is 120 Å². The summed E-state index contributed by atoms with van der Waals surface area (Å²) in [5, 5.41) is 10.4. The number of nitrogens with one attached hydrogen (secondary N) is 1. The minimum atomic E-state index is -2.45. The fourth-order valence-corrected chi connectivity index (χ4v) is 5.55. The normalized spacial score (nSPS) is 18.2. The van der Waals surface area contributed by atoms with Crippen molar-refractivity contribution < 1.29 is 19.0 Å². The molecule has 0 saturated carbocycles. The van der Waals surface area contributed by atoms with Crippen LogP contribution in [-0.2, 0) is 6.61 Å². The molecule has 6 N–H and O–H groups in total. The van der Waals surface area contributed by atoms with Gasteiger partial charge in [0.2, 0.25) is 0 Å². The Balaban J connectivity index is 1.83. The fraction of sp³-hybridized carbons (Fsp3) is 0.286. The second-order valence-electron chi connectivity index (χ2n) is 7.40. The van der Waals surface area contributed by atoms with Crippen LogP contribution in [0.1, 0.15) is 40.2 Å². The van der Waals surface area contributed by atoms with E-state index in [2.05, 4.69) is 4.98 Å². The minimum Gasteiger partial charge on any atom is -0.392 e. The Bertz CT molecular complexity index is 1030. The molecule has 4 rings (SSSR count). The number of hydrogen-bond donors (Lipinski definition) is 5. The number of benzene rings is 2. The van der Waals surface area contributed by atoms with E-state index >= 15 is 0 Å². The molecular weight excluding hydrogens is 376 g/mol.